The molecule has 5 nitrogen and oxygen atoms in total. The molecule has 0 aliphatic carbocycles. The molecule has 0 atom stereocenters. The second-order valence-corrected chi connectivity index (χ2v) is 7.32. The number of nitrogens with two attached hydrogens (primary N) is 1. The Labute approximate surface area is 182 Å². The van der Waals surface area contributed by atoms with Gasteiger partial charge in [-0.25, -0.2) is 4.68 Å². The molecule has 3 aromatic carbocycles. The molecule has 0 saturated heterocycles. The minimum atomic E-state index is -4.48. The van der Waals surface area contributed by atoms with Crippen LogP contribution in [-0.4, -0.2) is 15.7 Å². The molecule has 32 heavy (non-hydrogen) atoms. The van der Waals surface area contributed by atoms with Crippen LogP contribution < -0.4 is 11.1 Å². The van der Waals surface area contributed by atoms with Gasteiger partial charge in [0.05, 0.1) is 16.9 Å². The summed E-state index contributed by atoms with van der Waals surface area (Å²) in [5, 5.41) is 7.04. The number of rotatable bonds is 4. The summed E-state index contributed by atoms with van der Waals surface area (Å²) in [7, 11) is 0. The lowest BCUT2D eigenvalue weighted by atomic mass is 10.1. The van der Waals surface area contributed by atoms with Crippen LogP contribution in [0.2, 0.25) is 0 Å². The third-order valence-electron chi connectivity index (χ3n) is 4.87. The summed E-state index contributed by atoms with van der Waals surface area (Å²) in [6.45, 7) is 1.99. The smallest absolute Gasteiger partial charge is 0.384 e. The van der Waals surface area contributed by atoms with Crippen molar-refractivity contribution in [2.45, 2.75) is 13.1 Å². The number of benzene rings is 3. The number of nitrogens with zero attached hydrogens (tertiary/aromatic N) is 2. The number of carbonyl (C=O) groups is 1. The van der Waals surface area contributed by atoms with Crippen LogP contribution >= 0.6 is 0 Å². The van der Waals surface area contributed by atoms with Crippen molar-refractivity contribution < 1.29 is 18.0 Å². The van der Waals surface area contributed by atoms with Crippen molar-refractivity contribution in [3.8, 4) is 16.9 Å². The van der Waals surface area contributed by atoms with Crippen molar-refractivity contribution in [3.63, 3.8) is 0 Å². The topological polar surface area (TPSA) is 72.9 Å². The van der Waals surface area contributed by atoms with Gasteiger partial charge in [-0.15, -0.1) is 0 Å². The van der Waals surface area contributed by atoms with Crippen molar-refractivity contribution in [3.05, 3.63) is 95.6 Å². The molecule has 0 bridgehead atoms. The van der Waals surface area contributed by atoms with Gasteiger partial charge in [0.2, 0.25) is 0 Å². The standard InChI is InChI=1S/C24H19F3N4O/c1-15-4-2-5-17(12-15)21-14-22(28)31(30-21)20-10-8-16(9-11-20)23(32)29-19-7-3-6-18(13-19)24(25,26)27/h2-14H,28H2,1H3,(H,29,32). The van der Waals surface area contributed by atoms with E-state index in [2.05, 4.69) is 10.4 Å². The fraction of sp³-hybridized carbons (Fsp3) is 0.0833. The molecule has 0 spiro atoms. The number of alkyl halides is 3. The van der Waals surface area contributed by atoms with Gasteiger partial charge in [0.1, 0.15) is 5.82 Å². The normalized spacial score (nSPS) is 11.4. The number of carbonyl (C=O) groups excluding carboxylic acids is 1. The quantitative estimate of drug-likeness (QED) is 0.431. The molecule has 0 aliphatic heterocycles. The zero-order valence-corrected chi connectivity index (χ0v) is 17.0. The van der Waals surface area contributed by atoms with Gasteiger partial charge in [-0.1, -0.05) is 29.8 Å². The number of nitrogen functional groups attached to an aromatic ring is 1. The van der Waals surface area contributed by atoms with Gasteiger partial charge < -0.3 is 11.1 Å². The highest BCUT2D eigenvalue weighted by Gasteiger charge is 2.30. The lowest BCUT2D eigenvalue weighted by Crippen LogP contribution is -2.13. The van der Waals surface area contributed by atoms with E-state index in [0.29, 0.717) is 11.5 Å². The van der Waals surface area contributed by atoms with Crippen LogP contribution in [-0.2, 0) is 6.18 Å². The molecule has 0 fully saturated rings. The molecular weight excluding hydrogens is 417 g/mol. The lowest BCUT2D eigenvalue weighted by Gasteiger charge is -2.10. The van der Waals surface area contributed by atoms with Gasteiger partial charge in [0, 0.05) is 22.9 Å². The number of anilines is 2. The molecular formula is C24H19F3N4O. The van der Waals surface area contributed by atoms with Crippen molar-refractivity contribution in [1.82, 2.24) is 9.78 Å². The first-order chi connectivity index (χ1) is 15.2. The maximum Gasteiger partial charge on any atom is 0.416 e. The lowest BCUT2D eigenvalue weighted by molar-refractivity contribution is -0.137. The third kappa shape index (κ3) is 4.49. The summed E-state index contributed by atoms with van der Waals surface area (Å²) in [4.78, 5) is 12.5. The molecule has 162 valence electrons. The highest BCUT2D eigenvalue weighted by atomic mass is 19.4. The number of aryl methyl sites for hydroxylation is 1. The molecule has 1 amide bonds. The minimum Gasteiger partial charge on any atom is -0.384 e. The Hall–Kier alpha value is -4.07. The first-order valence-electron chi connectivity index (χ1n) is 9.72. The van der Waals surface area contributed by atoms with E-state index in [4.69, 9.17) is 5.73 Å². The van der Waals surface area contributed by atoms with Crippen molar-refractivity contribution in [2.24, 2.45) is 0 Å². The fourth-order valence-electron chi connectivity index (χ4n) is 3.28. The van der Waals surface area contributed by atoms with Gasteiger partial charge in [-0.05, 0) is 55.5 Å². The highest BCUT2D eigenvalue weighted by Crippen LogP contribution is 2.31. The molecule has 1 heterocycles. The Bertz CT molecular complexity index is 1280. The van der Waals surface area contributed by atoms with Gasteiger partial charge in [-0.2, -0.15) is 18.3 Å². The second-order valence-electron chi connectivity index (χ2n) is 7.32. The predicted octanol–water partition coefficient (Wildman–Crippen LogP) is 5.70. The van der Waals surface area contributed by atoms with Crippen LogP contribution in [0.4, 0.5) is 24.7 Å². The van der Waals surface area contributed by atoms with Gasteiger partial charge in [0.25, 0.3) is 5.91 Å². The molecule has 4 aromatic rings. The first kappa shape index (κ1) is 21.2. The van der Waals surface area contributed by atoms with Gasteiger partial charge in [-0.3, -0.25) is 4.79 Å². The van der Waals surface area contributed by atoms with E-state index in [1.807, 2.05) is 31.2 Å². The molecule has 0 unspecified atom stereocenters. The van der Waals surface area contributed by atoms with Crippen LogP contribution in [0.15, 0.2) is 78.9 Å². The van der Waals surface area contributed by atoms with Crippen molar-refractivity contribution >= 4 is 17.4 Å². The van der Waals surface area contributed by atoms with E-state index in [1.54, 1.807) is 35.0 Å². The van der Waals surface area contributed by atoms with E-state index in [-0.39, 0.29) is 11.3 Å². The molecule has 1 aromatic heterocycles. The Morgan fingerprint density at radius 2 is 1.69 bits per heavy atom. The van der Waals surface area contributed by atoms with E-state index in [1.165, 1.54) is 12.1 Å². The largest absolute Gasteiger partial charge is 0.416 e. The van der Waals surface area contributed by atoms with Crippen LogP contribution in [0.3, 0.4) is 0 Å². The zero-order chi connectivity index (χ0) is 22.9. The zero-order valence-electron chi connectivity index (χ0n) is 17.0. The maximum absolute atomic E-state index is 12.9. The monoisotopic (exact) mass is 436 g/mol. The van der Waals surface area contributed by atoms with E-state index < -0.39 is 17.6 Å². The Kier molecular flexibility index (Phi) is 5.44. The summed E-state index contributed by atoms with van der Waals surface area (Å²) < 4.78 is 40.2. The minimum absolute atomic E-state index is 0.0630. The van der Waals surface area contributed by atoms with Crippen LogP contribution in [0.5, 0.6) is 0 Å². The van der Waals surface area contributed by atoms with Gasteiger partial charge >= 0.3 is 6.18 Å². The summed E-state index contributed by atoms with van der Waals surface area (Å²) in [5.74, 6) is -0.0903. The van der Waals surface area contributed by atoms with Crippen molar-refractivity contribution in [1.29, 1.82) is 0 Å². The number of hydrogen-bond donors (Lipinski definition) is 2. The Balaban J connectivity index is 1.53. The highest BCUT2D eigenvalue weighted by molar-refractivity contribution is 6.04. The number of hydrogen-bond acceptors (Lipinski definition) is 3. The van der Waals surface area contributed by atoms with Crippen LogP contribution in [0, 0.1) is 6.92 Å². The van der Waals surface area contributed by atoms with Crippen LogP contribution in [0.25, 0.3) is 16.9 Å². The molecule has 8 heteroatoms. The number of amides is 1. The summed E-state index contributed by atoms with van der Waals surface area (Å²) >= 11 is 0. The Morgan fingerprint density at radius 1 is 0.969 bits per heavy atom. The van der Waals surface area contributed by atoms with E-state index in [9.17, 15) is 18.0 Å². The Morgan fingerprint density at radius 3 is 2.38 bits per heavy atom. The molecule has 0 saturated carbocycles. The second kappa shape index (κ2) is 8.22. The maximum atomic E-state index is 12.9. The molecule has 0 radical (unpaired) electrons. The van der Waals surface area contributed by atoms with E-state index in [0.717, 1.165) is 29.0 Å². The average molecular weight is 436 g/mol. The number of halogens is 3. The van der Waals surface area contributed by atoms with E-state index >= 15 is 0 Å². The summed E-state index contributed by atoms with van der Waals surface area (Å²) in [5.41, 5.74) is 9.06. The SMILES string of the molecule is Cc1cccc(-c2cc(N)n(-c3ccc(C(=O)Nc4cccc(C(F)(F)F)c4)cc3)n2)c1. The summed E-state index contributed by atoms with van der Waals surface area (Å²) in [6.07, 6.45) is -4.48. The molecule has 3 N–H and O–H groups in total. The third-order valence-corrected chi connectivity index (χ3v) is 4.87. The summed E-state index contributed by atoms with van der Waals surface area (Å²) in [6, 6.07) is 20.6. The number of aromatic nitrogens is 2. The predicted molar refractivity (Wildman–Crippen MR) is 118 cm³/mol. The molecule has 4 rings (SSSR count). The van der Waals surface area contributed by atoms with Gasteiger partial charge in [0.15, 0.2) is 0 Å². The van der Waals surface area contributed by atoms with Crippen LogP contribution in [0.1, 0.15) is 21.5 Å². The van der Waals surface area contributed by atoms with Crippen molar-refractivity contribution in [2.75, 3.05) is 11.1 Å². The average Bonchev–Trinajstić information content (AvgIpc) is 3.15. The fourth-order valence-corrected chi connectivity index (χ4v) is 3.28. The molecule has 0 aliphatic rings. The first-order valence-corrected chi connectivity index (χ1v) is 9.72. The number of nitrogens with one attached hydrogen (secondary N) is 1.